The molecule has 0 spiro atoms. The second-order valence-corrected chi connectivity index (χ2v) is 11.8. The molecule has 2 aromatic rings. The zero-order valence-electron chi connectivity index (χ0n) is 21.1. The molecule has 192 valence electrons. The lowest BCUT2D eigenvalue weighted by molar-refractivity contribution is -0.135. The van der Waals surface area contributed by atoms with Gasteiger partial charge in [0.2, 0.25) is 11.8 Å². The molecule has 4 saturated carbocycles. The molecule has 36 heavy (non-hydrogen) atoms. The lowest BCUT2D eigenvalue weighted by atomic mass is 9.53. The molecule has 2 heterocycles. The van der Waals surface area contributed by atoms with Crippen molar-refractivity contribution in [2.45, 2.75) is 82.7 Å². The van der Waals surface area contributed by atoms with Crippen LogP contribution in [0.5, 0.6) is 0 Å². The summed E-state index contributed by atoms with van der Waals surface area (Å²) in [4.78, 5) is 42.2. The molecule has 1 aliphatic heterocycles. The highest BCUT2D eigenvalue weighted by atomic mass is 16.2. The first-order valence-corrected chi connectivity index (χ1v) is 13.8. The lowest BCUT2D eigenvalue weighted by Crippen LogP contribution is -2.58. The van der Waals surface area contributed by atoms with E-state index < -0.39 is 11.9 Å². The van der Waals surface area contributed by atoms with Gasteiger partial charge in [-0.15, -0.1) is 0 Å². The van der Waals surface area contributed by atoms with Gasteiger partial charge in [-0.3, -0.25) is 24.3 Å². The van der Waals surface area contributed by atoms with Gasteiger partial charge in [-0.05, 0) is 101 Å². The zero-order valence-corrected chi connectivity index (χ0v) is 21.1. The minimum absolute atomic E-state index is 0.220. The molecule has 1 saturated heterocycles. The summed E-state index contributed by atoms with van der Waals surface area (Å²) in [6.07, 6.45) is 11.2. The van der Waals surface area contributed by atoms with Crippen molar-refractivity contribution in [3.05, 3.63) is 34.4 Å². The van der Waals surface area contributed by atoms with Gasteiger partial charge >= 0.3 is 0 Å². The Kier molecular flexibility index (Phi) is 6.10. The quantitative estimate of drug-likeness (QED) is 0.386. The summed E-state index contributed by atoms with van der Waals surface area (Å²) in [6.45, 7) is 3.56. The van der Waals surface area contributed by atoms with Crippen LogP contribution in [0.25, 0.3) is 10.9 Å². The van der Waals surface area contributed by atoms with Crippen molar-refractivity contribution in [3.63, 3.8) is 0 Å². The second-order valence-electron chi connectivity index (χ2n) is 11.8. The van der Waals surface area contributed by atoms with E-state index in [1.165, 1.54) is 43.1 Å². The Morgan fingerprint density at radius 1 is 1.03 bits per heavy atom. The number of aryl methyl sites for hydroxylation is 1. The van der Waals surface area contributed by atoms with Crippen molar-refractivity contribution >= 4 is 28.4 Å². The number of hydrogen-bond acceptors (Lipinski definition) is 6. The highest BCUT2D eigenvalue weighted by Crippen LogP contribution is 2.55. The zero-order chi connectivity index (χ0) is 24.9. The molecule has 5 fully saturated rings. The molecule has 2 amide bonds. The Balaban J connectivity index is 1.09. The molecule has 4 bridgehead atoms. The van der Waals surface area contributed by atoms with E-state index in [0.717, 1.165) is 49.4 Å². The fourth-order valence-corrected chi connectivity index (χ4v) is 7.95. The Hall–Kier alpha value is -2.74. The number of unbranched alkanes of at least 4 members (excludes halogenated alkanes) is 1. The van der Waals surface area contributed by atoms with Crippen molar-refractivity contribution in [1.29, 1.82) is 0 Å². The molecule has 0 radical (unpaired) electrons. The van der Waals surface area contributed by atoms with Crippen molar-refractivity contribution in [3.8, 4) is 0 Å². The summed E-state index contributed by atoms with van der Waals surface area (Å²) in [5.41, 5.74) is 1.54. The highest BCUT2D eigenvalue weighted by molar-refractivity contribution is 5.99. The van der Waals surface area contributed by atoms with Crippen molar-refractivity contribution in [2.24, 2.45) is 17.8 Å². The standard InChI is InChI=1S/C28H37N5O3/c1-17-31-22-6-4-5-21(25(22)27(36)33(17)23-7-8-24(34)32-26(23)35)29-9-2-3-10-30-28-14-18-11-19(15-28)13-20(12-18)16-28/h4-6,18-20,23,29-30H,2-3,7-16H2,1H3,(H,32,34,35). The molecule has 8 nitrogen and oxygen atoms in total. The number of fused-ring (bicyclic) bond motifs is 1. The van der Waals surface area contributed by atoms with Crippen LogP contribution in [-0.2, 0) is 9.59 Å². The molecule has 5 aliphatic rings. The average molecular weight is 492 g/mol. The number of carbonyl (C=O) groups excluding carboxylic acids is 2. The summed E-state index contributed by atoms with van der Waals surface area (Å²) < 4.78 is 1.45. The molecule has 7 rings (SSSR count). The van der Waals surface area contributed by atoms with E-state index in [1.807, 2.05) is 18.2 Å². The number of amides is 2. The predicted octanol–water partition coefficient (Wildman–Crippen LogP) is 3.43. The summed E-state index contributed by atoms with van der Waals surface area (Å²) in [7, 11) is 0. The first-order chi connectivity index (χ1) is 17.4. The van der Waals surface area contributed by atoms with Crippen LogP contribution in [0, 0.1) is 24.7 Å². The number of aromatic nitrogens is 2. The molecule has 1 unspecified atom stereocenters. The monoisotopic (exact) mass is 491 g/mol. The van der Waals surface area contributed by atoms with Crippen LogP contribution in [0.3, 0.4) is 0 Å². The van der Waals surface area contributed by atoms with Gasteiger partial charge < -0.3 is 10.6 Å². The molecule has 3 N–H and O–H groups in total. The molecule has 4 aliphatic carbocycles. The third-order valence-electron chi connectivity index (χ3n) is 9.09. The number of nitrogens with zero attached hydrogens (tertiary/aromatic N) is 2. The minimum Gasteiger partial charge on any atom is -0.384 e. The fraction of sp³-hybridized carbons (Fsp3) is 0.643. The van der Waals surface area contributed by atoms with Gasteiger partial charge in [0.25, 0.3) is 5.56 Å². The number of rotatable bonds is 8. The van der Waals surface area contributed by atoms with Crippen LogP contribution in [0.15, 0.2) is 23.0 Å². The number of piperidine rings is 1. The van der Waals surface area contributed by atoms with Gasteiger partial charge in [0.1, 0.15) is 11.9 Å². The van der Waals surface area contributed by atoms with Crippen LogP contribution in [0.2, 0.25) is 0 Å². The van der Waals surface area contributed by atoms with Crippen LogP contribution in [0.1, 0.15) is 76.1 Å². The van der Waals surface area contributed by atoms with Gasteiger partial charge in [0, 0.05) is 24.2 Å². The van der Waals surface area contributed by atoms with E-state index in [4.69, 9.17) is 0 Å². The predicted molar refractivity (Wildman–Crippen MR) is 139 cm³/mol. The smallest absolute Gasteiger partial charge is 0.264 e. The maximum absolute atomic E-state index is 13.5. The third kappa shape index (κ3) is 4.33. The van der Waals surface area contributed by atoms with Gasteiger partial charge in [-0.2, -0.15) is 0 Å². The molecular weight excluding hydrogens is 454 g/mol. The molecular formula is C28H37N5O3. The van der Waals surface area contributed by atoms with Gasteiger partial charge in [0.05, 0.1) is 10.9 Å². The average Bonchev–Trinajstić information content (AvgIpc) is 2.81. The lowest BCUT2D eigenvalue weighted by Gasteiger charge is -2.57. The van der Waals surface area contributed by atoms with Gasteiger partial charge in [0.15, 0.2) is 0 Å². The highest BCUT2D eigenvalue weighted by Gasteiger charge is 2.50. The Labute approximate surface area is 211 Å². The number of hydrogen-bond donors (Lipinski definition) is 3. The third-order valence-corrected chi connectivity index (χ3v) is 9.09. The second kappa shape index (κ2) is 9.29. The first-order valence-electron chi connectivity index (χ1n) is 13.8. The van der Waals surface area contributed by atoms with E-state index >= 15 is 0 Å². The Morgan fingerprint density at radius 3 is 2.42 bits per heavy atom. The fourth-order valence-electron chi connectivity index (χ4n) is 7.95. The number of imide groups is 1. The van der Waals surface area contributed by atoms with E-state index in [2.05, 4.69) is 20.9 Å². The minimum atomic E-state index is -0.712. The Morgan fingerprint density at radius 2 is 1.72 bits per heavy atom. The van der Waals surface area contributed by atoms with Crippen molar-refractivity contribution < 1.29 is 9.59 Å². The number of carbonyl (C=O) groups is 2. The Bertz CT molecular complexity index is 1220. The number of benzene rings is 1. The van der Waals surface area contributed by atoms with E-state index in [0.29, 0.717) is 28.7 Å². The van der Waals surface area contributed by atoms with E-state index in [-0.39, 0.29) is 17.9 Å². The van der Waals surface area contributed by atoms with Crippen LogP contribution < -0.4 is 21.5 Å². The van der Waals surface area contributed by atoms with E-state index in [1.54, 1.807) is 6.92 Å². The van der Waals surface area contributed by atoms with Crippen LogP contribution in [0.4, 0.5) is 5.69 Å². The van der Waals surface area contributed by atoms with Crippen LogP contribution in [-0.4, -0.2) is 40.0 Å². The number of anilines is 1. The van der Waals surface area contributed by atoms with Gasteiger partial charge in [-0.1, -0.05) is 6.07 Å². The van der Waals surface area contributed by atoms with Gasteiger partial charge in [-0.25, -0.2) is 4.98 Å². The van der Waals surface area contributed by atoms with Crippen LogP contribution >= 0.6 is 0 Å². The maximum Gasteiger partial charge on any atom is 0.264 e. The largest absolute Gasteiger partial charge is 0.384 e. The normalized spacial score (nSPS) is 31.1. The van der Waals surface area contributed by atoms with E-state index in [9.17, 15) is 14.4 Å². The molecule has 8 heteroatoms. The SMILES string of the molecule is Cc1nc2cccc(NCCCCNC34CC5CC(CC(C5)C3)C4)c2c(=O)n1C1CCC(=O)NC1=O. The van der Waals surface area contributed by atoms with Crippen molar-refractivity contribution in [2.75, 3.05) is 18.4 Å². The summed E-state index contributed by atoms with van der Waals surface area (Å²) in [5, 5.41) is 10.3. The first kappa shape index (κ1) is 23.6. The molecule has 1 aromatic heterocycles. The maximum atomic E-state index is 13.5. The summed E-state index contributed by atoms with van der Waals surface area (Å²) in [5.74, 6) is 2.62. The topological polar surface area (TPSA) is 105 Å². The molecule has 1 aromatic carbocycles. The summed E-state index contributed by atoms with van der Waals surface area (Å²) in [6, 6.07) is 4.93. The van der Waals surface area contributed by atoms with Crippen molar-refractivity contribution in [1.82, 2.24) is 20.2 Å². The summed E-state index contributed by atoms with van der Waals surface area (Å²) >= 11 is 0. The molecule has 1 atom stereocenters. The number of nitrogens with one attached hydrogen (secondary N) is 3.